The van der Waals surface area contributed by atoms with E-state index in [0.29, 0.717) is 0 Å². The van der Waals surface area contributed by atoms with Crippen LogP contribution in [0.15, 0.2) is 0 Å². The summed E-state index contributed by atoms with van der Waals surface area (Å²) in [5.74, 6) is 1.05. The molecule has 1 aliphatic heterocycles. The molecule has 2 fully saturated rings. The maximum absolute atomic E-state index is 3.53. The van der Waals surface area contributed by atoms with E-state index in [1.165, 1.54) is 45.1 Å². The maximum atomic E-state index is 3.53. The molecule has 0 amide bonds. The highest BCUT2D eigenvalue weighted by molar-refractivity contribution is 4.92. The Morgan fingerprint density at radius 3 is 3.10 bits per heavy atom. The molecule has 57 valence electrons. The second-order valence-corrected chi connectivity index (χ2v) is 3.62. The summed E-state index contributed by atoms with van der Waals surface area (Å²) >= 11 is 0. The van der Waals surface area contributed by atoms with Gasteiger partial charge < -0.3 is 5.32 Å². The van der Waals surface area contributed by atoms with Gasteiger partial charge in [0.05, 0.1) is 0 Å². The largest absolute Gasteiger partial charge is 0.309 e. The summed E-state index contributed by atoms with van der Waals surface area (Å²) in [5.41, 5.74) is 0. The van der Waals surface area contributed by atoms with Crippen LogP contribution in [0.2, 0.25) is 0 Å². The third-order valence-electron chi connectivity index (χ3n) is 2.87. The van der Waals surface area contributed by atoms with Crippen molar-refractivity contribution in [3.63, 3.8) is 0 Å². The van der Waals surface area contributed by atoms with Gasteiger partial charge in [0.25, 0.3) is 0 Å². The molecule has 1 saturated carbocycles. The van der Waals surface area contributed by atoms with Gasteiger partial charge >= 0.3 is 0 Å². The minimum atomic E-state index is 1.05. The van der Waals surface area contributed by atoms with Crippen molar-refractivity contribution in [2.45, 2.75) is 38.5 Å². The fourth-order valence-electron chi connectivity index (χ4n) is 2.17. The Bertz CT molecular complexity index is 89.3. The molecule has 2 rings (SSSR count). The van der Waals surface area contributed by atoms with E-state index in [9.17, 15) is 0 Å². The van der Waals surface area contributed by atoms with E-state index in [4.69, 9.17) is 0 Å². The zero-order valence-corrected chi connectivity index (χ0v) is 6.53. The van der Waals surface area contributed by atoms with Gasteiger partial charge in [0, 0.05) is 6.04 Å². The molecule has 2 bridgehead atoms. The predicted molar refractivity (Wildman–Crippen MR) is 42.4 cm³/mol. The molecular formula is C9H16N. The summed E-state index contributed by atoms with van der Waals surface area (Å²) < 4.78 is 0. The van der Waals surface area contributed by atoms with E-state index in [2.05, 4.69) is 5.32 Å². The minimum Gasteiger partial charge on any atom is -0.309 e. The van der Waals surface area contributed by atoms with E-state index in [0.717, 1.165) is 5.92 Å². The summed E-state index contributed by atoms with van der Waals surface area (Å²) in [7, 11) is 0. The number of hydrogen-bond donors (Lipinski definition) is 1. The van der Waals surface area contributed by atoms with Crippen molar-refractivity contribution in [2.24, 2.45) is 5.92 Å². The highest BCUT2D eigenvalue weighted by Gasteiger charge is 2.22. The number of nitrogens with one attached hydrogen (secondary N) is 1. The van der Waals surface area contributed by atoms with E-state index in [-0.39, 0.29) is 0 Å². The predicted octanol–water partition coefficient (Wildman–Crippen LogP) is 2.09. The molecule has 1 nitrogen and oxygen atoms in total. The Morgan fingerprint density at radius 1 is 1.10 bits per heavy atom. The van der Waals surface area contributed by atoms with E-state index in [1.807, 2.05) is 0 Å². The zero-order valence-electron chi connectivity index (χ0n) is 6.53. The summed E-state index contributed by atoms with van der Waals surface area (Å²) in [5, 5.41) is 3.53. The van der Waals surface area contributed by atoms with Gasteiger partial charge in [0.15, 0.2) is 0 Å². The highest BCUT2D eigenvalue weighted by Crippen LogP contribution is 2.31. The van der Waals surface area contributed by atoms with E-state index >= 15 is 0 Å². The first-order valence-electron chi connectivity index (χ1n) is 4.54. The summed E-state index contributed by atoms with van der Waals surface area (Å²) in [4.78, 5) is 0. The molecule has 1 heterocycles. The van der Waals surface area contributed by atoms with E-state index in [1.54, 1.807) is 6.04 Å². The second-order valence-electron chi connectivity index (χ2n) is 3.62. The van der Waals surface area contributed by atoms with Crippen LogP contribution in [0.4, 0.5) is 0 Å². The van der Waals surface area contributed by atoms with Crippen molar-refractivity contribution in [1.82, 2.24) is 5.32 Å². The normalized spacial score (nSPS) is 35.4. The molecule has 1 heteroatoms. The van der Waals surface area contributed by atoms with Gasteiger partial charge in [-0.3, -0.25) is 0 Å². The molecule has 0 spiro atoms. The molecule has 10 heavy (non-hydrogen) atoms. The minimum absolute atomic E-state index is 1.05. The number of rotatable bonds is 0. The van der Waals surface area contributed by atoms with Crippen molar-refractivity contribution < 1.29 is 0 Å². The Hall–Kier alpha value is -0.0400. The van der Waals surface area contributed by atoms with Crippen LogP contribution in [0.1, 0.15) is 38.5 Å². The maximum Gasteiger partial charge on any atom is 0.0364 e. The Labute approximate surface area is 63.2 Å². The molecule has 0 aromatic rings. The lowest BCUT2D eigenvalue weighted by Crippen LogP contribution is -2.21. The van der Waals surface area contributed by atoms with Crippen LogP contribution < -0.4 is 5.32 Å². The Morgan fingerprint density at radius 2 is 2.10 bits per heavy atom. The molecule has 0 aromatic heterocycles. The van der Waals surface area contributed by atoms with Crippen molar-refractivity contribution in [3.05, 3.63) is 6.04 Å². The molecule has 1 aliphatic carbocycles. The average molecular weight is 138 g/mol. The standard InChI is InChI=1S/C9H16N/c1-2-8-4-5-9(3-1)10-7-6-8/h8,10H,1-7H2. The molecule has 1 unspecified atom stereocenters. The first kappa shape index (κ1) is 6.66. The molecule has 1 atom stereocenters. The van der Waals surface area contributed by atoms with Crippen LogP contribution >= 0.6 is 0 Å². The molecular weight excluding hydrogens is 122 g/mol. The molecule has 1 saturated heterocycles. The lowest BCUT2D eigenvalue weighted by molar-refractivity contribution is 0.429. The summed E-state index contributed by atoms with van der Waals surface area (Å²) in [6, 6.07) is 1.64. The third kappa shape index (κ3) is 1.34. The lowest BCUT2D eigenvalue weighted by atomic mass is 9.97. The Kier molecular flexibility index (Phi) is 1.94. The first-order valence-corrected chi connectivity index (χ1v) is 4.54. The average Bonchev–Trinajstić information content (AvgIpc) is 2.17. The SMILES string of the molecule is C1C[C]2CCC(C1)CCN2. The van der Waals surface area contributed by atoms with Gasteiger partial charge in [-0.2, -0.15) is 0 Å². The Balaban J connectivity index is 2.01. The fourth-order valence-corrected chi connectivity index (χ4v) is 2.17. The van der Waals surface area contributed by atoms with Crippen LogP contribution in [0, 0.1) is 12.0 Å². The van der Waals surface area contributed by atoms with E-state index < -0.39 is 0 Å². The van der Waals surface area contributed by atoms with Gasteiger partial charge in [0.1, 0.15) is 0 Å². The van der Waals surface area contributed by atoms with Crippen molar-refractivity contribution >= 4 is 0 Å². The lowest BCUT2D eigenvalue weighted by Gasteiger charge is -2.15. The van der Waals surface area contributed by atoms with Gasteiger partial charge in [-0.25, -0.2) is 0 Å². The van der Waals surface area contributed by atoms with Gasteiger partial charge in [-0.15, -0.1) is 0 Å². The van der Waals surface area contributed by atoms with Gasteiger partial charge in [0.2, 0.25) is 0 Å². The number of hydrogen-bond acceptors (Lipinski definition) is 1. The topological polar surface area (TPSA) is 12.0 Å². The van der Waals surface area contributed by atoms with Crippen LogP contribution in [0.25, 0.3) is 0 Å². The number of fused-ring (bicyclic) bond motifs is 3. The molecule has 0 aromatic carbocycles. The summed E-state index contributed by atoms with van der Waals surface area (Å²) in [6.45, 7) is 1.25. The molecule has 1 radical (unpaired) electrons. The van der Waals surface area contributed by atoms with Gasteiger partial charge in [-0.1, -0.05) is 12.8 Å². The van der Waals surface area contributed by atoms with Gasteiger partial charge in [-0.05, 0) is 38.1 Å². The fraction of sp³-hybridized carbons (Fsp3) is 0.889. The summed E-state index contributed by atoms with van der Waals surface area (Å²) in [6.07, 6.45) is 8.53. The monoisotopic (exact) mass is 138 g/mol. The molecule has 2 aliphatic rings. The van der Waals surface area contributed by atoms with Crippen LogP contribution in [0.3, 0.4) is 0 Å². The zero-order chi connectivity index (χ0) is 6.81. The quantitative estimate of drug-likeness (QED) is 0.540. The third-order valence-corrected chi connectivity index (χ3v) is 2.87. The van der Waals surface area contributed by atoms with Crippen LogP contribution in [-0.2, 0) is 0 Å². The first-order chi connectivity index (χ1) is 4.95. The van der Waals surface area contributed by atoms with Crippen molar-refractivity contribution in [3.8, 4) is 0 Å². The van der Waals surface area contributed by atoms with Crippen LogP contribution in [-0.4, -0.2) is 6.54 Å². The van der Waals surface area contributed by atoms with Crippen molar-refractivity contribution in [2.75, 3.05) is 6.54 Å². The molecule has 1 N–H and O–H groups in total. The second kappa shape index (κ2) is 2.91. The highest BCUT2D eigenvalue weighted by atomic mass is 14.9. The van der Waals surface area contributed by atoms with Crippen LogP contribution in [0.5, 0.6) is 0 Å². The smallest absolute Gasteiger partial charge is 0.0364 e. The van der Waals surface area contributed by atoms with Crippen molar-refractivity contribution in [1.29, 1.82) is 0 Å².